The van der Waals surface area contributed by atoms with Gasteiger partial charge in [-0.3, -0.25) is 9.36 Å². The summed E-state index contributed by atoms with van der Waals surface area (Å²) in [5.41, 5.74) is 0. The highest BCUT2D eigenvalue weighted by Crippen LogP contribution is 2.12. The van der Waals surface area contributed by atoms with Crippen LogP contribution < -0.4 is 0 Å². The average Bonchev–Trinajstić information content (AvgIpc) is 2.99. The zero-order valence-corrected chi connectivity index (χ0v) is 13.0. The minimum Gasteiger partial charge on any atom is -0.276 e. The number of nitrogens with zero attached hydrogens (tertiary/aromatic N) is 2. The van der Waals surface area contributed by atoms with Gasteiger partial charge in [0.2, 0.25) is 5.91 Å². The van der Waals surface area contributed by atoms with Crippen molar-refractivity contribution in [2.75, 3.05) is 0 Å². The van der Waals surface area contributed by atoms with Crippen LogP contribution in [0.25, 0.3) is 0 Å². The van der Waals surface area contributed by atoms with Crippen molar-refractivity contribution in [2.24, 2.45) is 0 Å². The third-order valence-corrected chi connectivity index (χ3v) is 3.79. The van der Waals surface area contributed by atoms with Crippen LogP contribution in [0.1, 0.15) is 88.8 Å². The summed E-state index contributed by atoms with van der Waals surface area (Å²) in [5.74, 6) is 0.165. The second-order valence-electron chi connectivity index (χ2n) is 5.65. The first-order chi connectivity index (χ1) is 9.84. The van der Waals surface area contributed by atoms with Crippen molar-refractivity contribution in [3.05, 3.63) is 18.7 Å². The minimum atomic E-state index is 0.165. The van der Waals surface area contributed by atoms with E-state index in [2.05, 4.69) is 11.9 Å². The Kier molecular flexibility index (Phi) is 9.89. The lowest BCUT2D eigenvalue weighted by atomic mass is 10.1. The summed E-state index contributed by atoms with van der Waals surface area (Å²) >= 11 is 0. The SMILES string of the molecule is CCCCCCCCCCCCCC(=O)n1ccnc1. The molecule has 3 nitrogen and oxygen atoms in total. The van der Waals surface area contributed by atoms with Gasteiger partial charge in [-0.05, 0) is 6.42 Å². The summed E-state index contributed by atoms with van der Waals surface area (Å²) in [6, 6.07) is 0. The Labute approximate surface area is 123 Å². The molecule has 0 saturated carbocycles. The second kappa shape index (κ2) is 11.7. The van der Waals surface area contributed by atoms with Crippen LogP contribution in [0, 0.1) is 0 Å². The maximum absolute atomic E-state index is 11.7. The molecule has 114 valence electrons. The van der Waals surface area contributed by atoms with Crippen LogP contribution in [0.4, 0.5) is 0 Å². The summed E-state index contributed by atoms with van der Waals surface area (Å²) in [7, 11) is 0. The van der Waals surface area contributed by atoms with Gasteiger partial charge in [0.25, 0.3) is 0 Å². The van der Waals surface area contributed by atoms with Crippen LogP contribution in [0.3, 0.4) is 0 Å². The molecule has 0 bridgehead atoms. The third kappa shape index (κ3) is 8.13. The molecule has 3 heteroatoms. The van der Waals surface area contributed by atoms with Crippen molar-refractivity contribution in [3.8, 4) is 0 Å². The molecule has 0 amide bonds. The number of aromatic nitrogens is 2. The molecule has 0 unspecified atom stereocenters. The van der Waals surface area contributed by atoms with E-state index in [1.165, 1.54) is 64.2 Å². The monoisotopic (exact) mass is 278 g/mol. The van der Waals surface area contributed by atoms with Crippen LogP contribution in [-0.2, 0) is 0 Å². The summed E-state index contributed by atoms with van der Waals surface area (Å²) < 4.78 is 1.58. The number of imidazole rings is 1. The molecule has 0 aliphatic rings. The fraction of sp³-hybridized carbons (Fsp3) is 0.765. The Morgan fingerprint density at radius 2 is 1.45 bits per heavy atom. The smallest absolute Gasteiger partial charge is 0.231 e. The Morgan fingerprint density at radius 3 is 1.95 bits per heavy atom. The van der Waals surface area contributed by atoms with Crippen LogP contribution >= 0.6 is 0 Å². The number of unbranched alkanes of at least 4 members (excludes halogenated alkanes) is 10. The number of carbonyl (C=O) groups excluding carboxylic acids is 1. The molecule has 0 aliphatic heterocycles. The lowest BCUT2D eigenvalue weighted by Gasteiger charge is -2.03. The topological polar surface area (TPSA) is 34.9 Å². The molecule has 0 atom stereocenters. The van der Waals surface area contributed by atoms with Crippen molar-refractivity contribution in [2.45, 2.75) is 84.0 Å². The zero-order valence-electron chi connectivity index (χ0n) is 13.0. The van der Waals surface area contributed by atoms with Crippen LogP contribution in [0.5, 0.6) is 0 Å². The fourth-order valence-corrected chi connectivity index (χ4v) is 2.48. The summed E-state index contributed by atoms with van der Waals surface area (Å²) in [5, 5.41) is 0. The van der Waals surface area contributed by atoms with Crippen LogP contribution in [0.2, 0.25) is 0 Å². The number of rotatable bonds is 12. The quantitative estimate of drug-likeness (QED) is 0.491. The van der Waals surface area contributed by atoms with E-state index in [9.17, 15) is 4.79 Å². The maximum atomic E-state index is 11.7. The first-order valence-electron chi connectivity index (χ1n) is 8.35. The maximum Gasteiger partial charge on any atom is 0.231 e. The normalized spacial score (nSPS) is 10.8. The number of hydrogen-bond acceptors (Lipinski definition) is 2. The molecule has 0 fully saturated rings. The van der Waals surface area contributed by atoms with E-state index in [0.717, 1.165) is 6.42 Å². The highest BCUT2D eigenvalue weighted by Gasteiger charge is 2.02. The molecular formula is C17H30N2O. The average molecular weight is 278 g/mol. The second-order valence-corrected chi connectivity index (χ2v) is 5.65. The number of hydrogen-bond donors (Lipinski definition) is 0. The molecule has 1 aromatic heterocycles. The van der Waals surface area contributed by atoms with E-state index in [1.807, 2.05) is 0 Å². The molecule has 0 aromatic carbocycles. The molecule has 0 saturated heterocycles. The first kappa shape index (κ1) is 16.9. The van der Waals surface area contributed by atoms with Gasteiger partial charge >= 0.3 is 0 Å². The Balaban J connectivity index is 1.82. The van der Waals surface area contributed by atoms with Gasteiger partial charge in [-0.1, -0.05) is 71.1 Å². The van der Waals surface area contributed by atoms with Crippen molar-refractivity contribution < 1.29 is 4.79 Å². The molecule has 0 radical (unpaired) electrons. The van der Waals surface area contributed by atoms with Gasteiger partial charge in [0.15, 0.2) is 0 Å². The lowest BCUT2D eigenvalue weighted by Crippen LogP contribution is -2.07. The molecular weight excluding hydrogens is 248 g/mol. The molecule has 1 aromatic rings. The predicted octanol–water partition coefficient (Wildman–Crippen LogP) is 5.22. The molecule has 20 heavy (non-hydrogen) atoms. The van der Waals surface area contributed by atoms with Gasteiger partial charge < -0.3 is 0 Å². The molecule has 1 rings (SSSR count). The molecule has 0 N–H and O–H groups in total. The van der Waals surface area contributed by atoms with Crippen molar-refractivity contribution in [1.29, 1.82) is 0 Å². The van der Waals surface area contributed by atoms with E-state index < -0.39 is 0 Å². The van der Waals surface area contributed by atoms with Gasteiger partial charge in [-0.25, -0.2) is 4.98 Å². The van der Waals surface area contributed by atoms with Crippen LogP contribution in [0.15, 0.2) is 18.7 Å². The highest BCUT2D eigenvalue weighted by atomic mass is 16.2. The largest absolute Gasteiger partial charge is 0.276 e. The van der Waals surface area contributed by atoms with Crippen molar-refractivity contribution in [3.63, 3.8) is 0 Å². The lowest BCUT2D eigenvalue weighted by molar-refractivity contribution is 0.0898. The first-order valence-corrected chi connectivity index (χ1v) is 8.35. The Hall–Kier alpha value is -1.12. The zero-order chi connectivity index (χ0) is 14.5. The molecule has 0 spiro atoms. The van der Waals surface area contributed by atoms with Gasteiger partial charge in [-0.2, -0.15) is 0 Å². The molecule has 1 heterocycles. The van der Waals surface area contributed by atoms with Crippen LogP contribution in [-0.4, -0.2) is 15.5 Å². The fourth-order valence-electron chi connectivity index (χ4n) is 2.48. The van der Waals surface area contributed by atoms with Gasteiger partial charge in [0, 0.05) is 18.8 Å². The van der Waals surface area contributed by atoms with E-state index in [-0.39, 0.29) is 5.91 Å². The highest BCUT2D eigenvalue weighted by molar-refractivity contribution is 5.78. The standard InChI is InChI=1S/C17H30N2O/c1-2-3-4-5-6-7-8-9-10-11-12-13-17(20)19-15-14-18-16-19/h14-16H,2-13H2,1H3. The predicted molar refractivity (Wildman–Crippen MR) is 83.9 cm³/mol. The van der Waals surface area contributed by atoms with E-state index in [0.29, 0.717) is 6.42 Å². The van der Waals surface area contributed by atoms with Gasteiger partial charge in [0.05, 0.1) is 0 Å². The summed E-state index contributed by atoms with van der Waals surface area (Å²) in [4.78, 5) is 15.6. The van der Waals surface area contributed by atoms with E-state index in [4.69, 9.17) is 0 Å². The van der Waals surface area contributed by atoms with Gasteiger partial charge in [-0.15, -0.1) is 0 Å². The van der Waals surface area contributed by atoms with Gasteiger partial charge in [0.1, 0.15) is 6.33 Å². The Morgan fingerprint density at radius 1 is 0.900 bits per heavy atom. The van der Waals surface area contributed by atoms with Crippen molar-refractivity contribution in [1.82, 2.24) is 9.55 Å². The third-order valence-electron chi connectivity index (χ3n) is 3.79. The number of carbonyl (C=O) groups is 1. The van der Waals surface area contributed by atoms with Crippen molar-refractivity contribution >= 4 is 5.91 Å². The molecule has 0 aliphatic carbocycles. The summed E-state index contributed by atoms with van der Waals surface area (Å²) in [6.45, 7) is 2.26. The Bertz CT molecular complexity index is 333. The minimum absolute atomic E-state index is 0.165. The van der Waals surface area contributed by atoms with E-state index >= 15 is 0 Å². The summed E-state index contributed by atoms with van der Waals surface area (Å²) in [6.07, 6.45) is 20.1. The van der Waals surface area contributed by atoms with E-state index in [1.54, 1.807) is 23.3 Å².